The number of nitrogens with one attached hydrogen (secondary N) is 1. The minimum atomic E-state index is -0.427. The fraction of sp³-hybridized carbons (Fsp3) is 0.333. The summed E-state index contributed by atoms with van der Waals surface area (Å²) in [5.41, 5.74) is 0. The molecule has 4 heterocycles. The lowest BCUT2D eigenvalue weighted by molar-refractivity contribution is -0.134. The lowest BCUT2D eigenvalue weighted by atomic mass is 10.2. The van der Waals surface area contributed by atoms with Crippen LogP contribution in [0, 0.1) is 4.77 Å². The molecule has 4 rings (SSSR count). The number of rotatable bonds is 4. The third-order valence-electron chi connectivity index (χ3n) is 4.82. The minimum Gasteiger partial charge on any atom is -0.353 e. The van der Waals surface area contributed by atoms with E-state index in [9.17, 15) is 4.79 Å². The van der Waals surface area contributed by atoms with E-state index >= 15 is 0 Å². The second-order valence-corrected chi connectivity index (χ2v) is 8.29. The molecule has 1 N–H and O–H groups in total. The van der Waals surface area contributed by atoms with Gasteiger partial charge in [0.1, 0.15) is 11.9 Å². The Morgan fingerprint density at radius 1 is 1.29 bits per heavy atom. The second-order valence-electron chi connectivity index (χ2n) is 6.52. The van der Waals surface area contributed by atoms with Gasteiger partial charge in [0, 0.05) is 32.4 Å². The summed E-state index contributed by atoms with van der Waals surface area (Å²) in [6.45, 7) is 4.58. The van der Waals surface area contributed by atoms with Crippen molar-refractivity contribution in [2.45, 2.75) is 13.0 Å². The molecule has 1 atom stereocenters. The highest BCUT2D eigenvalue weighted by Crippen LogP contribution is 2.26. The van der Waals surface area contributed by atoms with Crippen LogP contribution in [0.2, 0.25) is 5.02 Å². The molecular formula is C18H19ClN6OS2. The quantitative estimate of drug-likeness (QED) is 0.635. The van der Waals surface area contributed by atoms with Gasteiger partial charge in [-0.05, 0) is 42.7 Å². The van der Waals surface area contributed by atoms with Crippen molar-refractivity contribution in [3.05, 3.63) is 45.6 Å². The third-order valence-corrected chi connectivity index (χ3v) is 6.20. The average molecular weight is 435 g/mol. The summed E-state index contributed by atoms with van der Waals surface area (Å²) >= 11 is 12.9. The van der Waals surface area contributed by atoms with Crippen LogP contribution < -0.4 is 4.90 Å². The molecule has 3 aromatic heterocycles. The largest absolute Gasteiger partial charge is 0.353 e. The number of piperazine rings is 1. The first-order chi connectivity index (χ1) is 13.5. The summed E-state index contributed by atoms with van der Waals surface area (Å²) in [5, 5.41) is 9.74. The van der Waals surface area contributed by atoms with Gasteiger partial charge in [-0.15, -0.1) is 11.3 Å². The van der Waals surface area contributed by atoms with Crippen LogP contribution in [0.25, 0.3) is 10.7 Å². The summed E-state index contributed by atoms with van der Waals surface area (Å²) in [5.74, 6) is 1.62. The predicted octanol–water partition coefficient (Wildman–Crippen LogP) is 3.63. The first kappa shape index (κ1) is 19.1. The zero-order chi connectivity index (χ0) is 19.7. The fourth-order valence-electron chi connectivity index (χ4n) is 3.33. The molecule has 3 aromatic rings. The molecule has 1 aliphatic rings. The SMILES string of the molecule is CC(C(=O)N1CCN(c2ccc(Cl)cn2)CC1)n1c(-c2cccs2)n[nH]c1=S. The Bertz CT molecular complexity index is 1010. The molecule has 0 bridgehead atoms. The van der Waals surface area contributed by atoms with Crippen molar-refractivity contribution in [1.29, 1.82) is 0 Å². The number of carbonyl (C=O) groups excluding carboxylic acids is 1. The molecule has 0 aromatic carbocycles. The lowest BCUT2D eigenvalue weighted by Crippen LogP contribution is -2.50. The van der Waals surface area contributed by atoms with Crippen LogP contribution in [-0.4, -0.2) is 56.7 Å². The van der Waals surface area contributed by atoms with E-state index < -0.39 is 6.04 Å². The molecule has 7 nitrogen and oxygen atoms in total. The lowest BCUT2D eigenvalue weighted by Gasteiger charge is -2.36. The molecule has 0 radical (unpaired) electrons. The number of pyridine rings is 1. The van der Waals surface area contributed by atoms with Crippen LogP contribution in [0.3, 0.4) is 0 Å². The second kappa shape index (κ2) is 8.02. The summed E-state index contributed by atoms with van der Waals surface area (Å²) in [4.78, 5) is 22.5. The number of hydrogen-bond acceptors (Lipinski definition) is 6. The van der Waals surface area contributed by atoms with Crippen molar-refractivity contribution in [1.82, 2.24) is 24.6 Å². The Kier molecular flexibility index (Phi) is 5.47. The van der Waals surface area contributed by atoms with Crippen molar-refractivity contribution in [2.75, 3.05) is 31.1 Å². The van der Waals surface area contributed by atoms with Crippen LogP contribution in [-0.2, 0) is 4.79 Å². The standard InChI is InChI=1S/C18H19ClN6OS2/c1-12(25-16(21-22-18(25)27)14-3-2-10-28-14)17(26)24-8-6-23(7-9-24)15-5-4-13(19)11-20-15/h2-5,10-12H,6-9H2,1H3,(H,22,27). The fourth-order valence-corrected chi connectivity index (χ4v) is 4.44. The van der Waals surface area contributed by atoms with Crippen LogP contribution in [0.1, 0.15) is 13.0 Å². The zero-order valence-electron chi connectivity index (χ0n) is 15.2. The maximum atomic E-state index is 13.1. The highest BCUT2D eigenvalue weighted by molar-refractivity contribution is 7.71. The molecule has 0 spiro atoms. The van der Waals surface area contributed by atoms with E-state index in [2.05, 4.69) is 20.1 Å². The Morgan fingerprint density at radius 3 is 2.71 bits per heavy atom. The molecule has 1 fully saturated rings. The Hall–Kier alpha value is -2.23. The van der Waals surface area contributed by atoms with Gasteiger partial charge in [-0.2, -0.15) is 5.10 Å². The molecule has 0 aliphatic carbocycles. The van der Waals surface area contributed by atoms with E-state index in [4.69, 9.17) is 23.8 Å². The molecule has 28 heavy (non-hydrogen) atoms. The first-order valence-corrected chi connectivity index (χ1v) is 10.6. The van der Waals surface area contributed by atoms with Crippen molar-refractivity contribution in [2.24, 2.45) is 0 Å². The van der Waals surface area contributed by atoms with Crippen LogP contribution in [0.4, 0.5) is 5.82 Å². The van der Waals surface area contributed by atoms with Crippen molar-refractivity contribution in [3.8, 4) is 10.7 Å². The minimum absolute atomic E-state index is 0.0408. The van der Waals surface area contributed by atoms with Crippen molar-refractivity contribution in [3.63, 3.8) is 0 Å². The summed E-state index contributed by atoms with van der Waals surface area (Å²) in [6.07, 6.45) is 1.64. The molecule has 1 unspecified atom stereocenters. The van der Waals surface area contributed by atoms with Crippen LogP contribution in [0.5, 0.6) is 0 Å². The van der Waals surface area contributed by atoms with Crippen LogP contribution >= 0.6 is 35.2 Å². The van der Waals surface area contributed by atoms with Crippen molar-refractivity contribution < 1.29 is 4.79 Å². The number of carbonyl (C=O) groups is 1. The molecule has 1 saturated heterocycles. The van der Waals surface area contributed by atoms with Gasteiger partial charge in [-0.3, -0.25) is 14.5 Å². The first-order valence-electron chi connectivity index (χ1n) is 8.90. The number of amides is 1. The van der Waals surface area contributed by atoms with E-state index in [0.29, 0.717) is 28.7 Å². The summed E-state index contributed by atoms with van der Waals surface area (Å²) in [7, 11) is 0. The van der Waals surface area contributed by atoms with E-state index in [0.717, 1.165) is 23.8 Å². The average Bonchev–Trinajstić information content (AvgIpc) is 3.37. The van der Waals surface area contributed by atoms with Gasteiger partial charge in [-0.25, -0.2) is 4.98 Å². The van der Waals surface area contributed by atoms with Gasteiger partial charge >= 0.3 is 0 Å². The van der Waals surface area contributed by atoms with E-state index in [1.807, 2.05) is 41.5 Å². The molecule has 10 heteroatoms. The summed E-state index contributed by atoms with van der Waals surface area (Å²) < 4.78 is 2.25. The normalized spacial score (nSPS) is 15.6. The molecule has 0 saturated carbocycles. The molecule has 146 valence electrons. The number of thiophene rings is 1. The highest BCUT2D eigenvalue weighted by Gasteiger charge is 2.28. The van der Waals surface area contributed by atoms with E-state index in [-0.39, 0.29) is 5.91 Å². The van der Waals surface area contributed by atoms with Gasteiger partial charge in [0.25, 0.3) is 0 Å². The van der Waals surface area contributed by atoms with Gasteiger partial charge in [0.05, 0.1) is 9.90 Å². The van der Waals surface area contributed by atoms with E-state index in [1.54, 1.807) is 22.1 Å². The molecule has 1 amide bonds. The van der Waals surface area contributed by atoms with Crippen molar-refractivity contribution >= 4 is 46.9 Å². The van der Waals surface area contributed by atoms with Gasteiger partial charge in [0.2, 0.25) is 5.91 Å². The number of H-pyrrole nitrogens is 1. The Balaban J connectivity index is 1.47. The zero-order valence-corrected chi connectivity index (χ0v) is 17.6. The molecular weight excluding hydrogens is 416 g/mol. The maximum absolute atomic E-state index is 13.1. The Morgan fingerprint density at radius 2 is 2.07 bits per heavy atom. The number of hydrogen-bond donors (Lipinski definition) is 1. The van der Waals surface area contributed by atoms with E-state index in [1.165, 1.54) is 0 Å². The smallest absolute Gasteiger partial charge is 0.245 e. The number of aromatic nitrogens is 4. The number of anilines is 1. The predicted molar refractivity (Wildman–Crippen MR) is 113 cm³/mol. The topological polar surface area (TPSA) is 70.1 Å². The number of halogens is 1. The highest BCUT2D eigenvalue weighted by atomic mass is 35.5. The van der Waals surface area contributed by atoms with Gasteiger partial charge < -0.3 is 9.80 Å². The van der Waals surface area contributed by atoms with Crippen LogP contribution in [0.15, 0.2) is 35.8 Å². The number of nitrogens with zero attached hydrogens (tertiary/aromatic N) is 5. The maximum Gasteiger partial charge on any atom is 0.245 e. The van der Waals surface area contributed by atoms with Gasteiger partial charge in [0.15, 0.2) is 10.6 Å². The molecule has 1 aliphatic heterocycles. The third kappa shape index (κ3) is 3.69. The summed E-state index contributed by atoms with van der Waals surface area (Å²) in [6, 6.07) is 7.24. The monoisotopic (exact) mass is 434 g/mol. The van der Waals surface area contributed by atoms with Gasteiger partial charge in [-0.1, -0.05) is 17.7 Å². The number of aromatic amines is 1. The Labute approximate surface area is 176 Å².